The van der Waals surface area contributed by atoms with Gasteiger partial charge in [-0.2, -0.15) is 0 Å². The summed E-state index contributed by atoms with van der Waals surface area (Å²) < 4.78 is 24.7. The first-order chi connectivity index (χ1) is 7.56. The number of hydrogen-bond acceptors (Lipinski definition) is 2. The van der Waals surface area contributed by atoms with Crippen LogP contribution < -0.4 is 0 Å². The van der Waals surface area contributed by atoms with Crippen molar-refractivity contribution >= 4 is 36.5 Å². The summed E-state index contributed by atoms with van der Waals surface area (Å²) in [4.78, 5) is 0.411. The van der Waals surface area contributed by atoms with Crippen molar-refractivity contribution in [1.82, 2.24) is 0 Å². The van der Waals surface area contributed by atoms with Crippen LogP contribution in [0.5, 0.6) is 0 Å². The van der Waals surface area contributed by atoms with Gasteiger partial charge in [-0.3, -0.25) is 0 Å². The van der Waals surface area contributed by atoms with Crippen molar-refractivity contribution in [2.75, 3.05) is 5.75 Å². The summed E-state index contributed by atoms with van der Waals surface area (Å²) in [5, 5.41) is 1.70. The number of fused-ring (bicyclic) bond motifs is 1. The second-order valence-corrected chi connectivity index (χ2v) is 6.60. The Morgan fingerprint density at radius 3 is 2.31 bits per heavy atom. The van der Waals surface area contributed by atoms with Crippen LogP contribution in [0.1, 0.15) is 6.92 Å². The van der Waals surface area contributed by atoms with Gasteiger partial charge < -0.3 is 0 Å². The monoisotopic (exact) mass is 298 g/mol. The molecular formula is C12H11BrO2S. The van der Waals surface area contributed by atoms with Crippen LogP contribution in [0.4, 0.5) is 0 Å². The van der Waals surface area contributed by atoms with E-state index < -0.39 is 9.84 Å². The van der Waals surface area contributed by atoms with Gasteiger partial charge in [0, 0.05) is 9.86 Å². The van der Waals surface area contributed by atoms with E-state index in [1.165, 1.54) is 0 Å². The summed E-state index contributed by atoms with van der Waals surface area (Å²) >= 11 is 3.42. The van der Waals surface area contributed by atoms with E-state index in [0.29, 0.717) is 4.90 Å². The summed E-state index contributed by atoms with van der Waals surface area (Å²) in [6.07, 6.45) is 0. The van der Waals surface area contributed by atoms with Crippen LogP contribution in [0.2, 0.25) is 0 Å². The van der Waals surface area contributed by atoms with Crippen LogP contribution >= 0.6 is 15.9 Å². The SMILES string of the molecule is CCS(=O)(=O)c1ccc(Br)c2ccccc12. The first kappa shape index (κ1) is 11.6. The van der Waals surface area contributed by atoms with Crippen molar-refractivity contribution in [2.24, 2.45) is 0 Å². The molecule has 0 aliphatic rings. The zero-order valence-electron chi connectivity index (χ0n) is 8.77. The maximum Gasteiger partial charge on any atom is 0.178 e. The third kappa shape index (κ3) is 1.87. The van der Waals surface area contributed by atoms with Crippen LogP contribution in [0, 0.1) is 0 Å². The molecule has 84 valence electrons. The molecule has 0 bridgehead atoms. The van der Waals surface area contributed by atoms with Gasteiger partial charge in [0.1, 0.15) is 0 Å². The summed E-state index contributed by atoms with van der Waals surface area (Å²) in [6.45, 7) is 1.66. The molecule has 0 aromatic heterocycles. The van der Waals surface area contributed by atoms with E-state index in [-0.39, 0.29) is 5.75 Å². The Hall–Kier alpha value is -0.870. The standard InChI is InChI=1S/C12H11BrO2S/c1-2-16(14,15)12-8-7-11(13)9-5-3-4-6-10(9)12/h3-8H,2H2,1H3. The highest BCUT2D eigenvalue weighted by Gasteiger charge is 2.15. The van der Waals surface area contributed by atoms with Crippen LogP contribution in [0.3, 0.4) is 0 Å². The average molecular weight is 299 g/mol. The van der Waals surface area contributed by atoms with Gasteiger partial charge in [-0.15, -0.1) is 0 Å². The fourth-order valence-corrected chi connectivity index (χ4v) is 3.24. The highest BCUT2D eigenvalue weighted by atomic mass is 79.9. The van der Waals surface area contributed by atoms with E-state index in [9.17, 15) is 8.42 Å². The molecule has 0 N–H and O–H groups in total. The summed E-state index contributed by atoms with van der Waals surface area (Å²) in [6, 6.07) is 10.9. The molecule has 2 aromatic rings. The molecule has 4 heteroatoms. The topological polar surface area (TPSA) is 34.1 Å². The summed E-state index contributed by atoms with van der Waals surface area (Å²) in [5.41, 5.74) is 0. The predicted octanol–water partition coefficient (Wildman–Crippen LogP) is 3.40. The number of benzene rings is 2. The molecule has 0 atom stereocenters. The minimum absolute atomic E-state index is 0.124. The Morgan fingerprint density at radius 2 is 1.69 bits per heavy atom. The molecule has 2 nitrogen and oxygen atoms in total. The molecule has 0 saturated heterocycles. The van der Waals surface area contributed by atoms with E-state index in [1.807, 2.05) is 24.3 Å². The number of rotatable bonds is 2. The fourth-order valence-electron chi connectivity index (χ4n) is 1.66. The number of halogens is 1. The van der Waals surface area contributed by atoms with E-state index in [2.05, 4.69) is 15.9 Å². The lowest BCUT2D eigenvalue weighted by atomic mass is 10.1. The molecule has 0 aliphatic carbocycles. The Labute approximate surface area is 103 Å². The Kier molecular flexibility index (Phi) is 3.04. The van der Waals surface area contributed by atoms with Gasteiger partial charge >= 0.3 is 0 Å². The van der Waals surface area contributed by atoms with Crippen molar-refractivity contribution in [3.8, 4) is 0 Å². The largest absolute Gasteiger partial charge is 0.224 e. The molecular weight excluding hydrogens is 288 g/mol. The second-order valence-electron chi connectivity index (χ2n) is 3.49. The first-order valence-electron chi connectivity index (χ1n) is 4.96. The molecule has 2 rings (SSSR count). The molecule has 0 fully saturated rings. The van der Waals surface area contributed by atoms with E-state index in [0.717, 1.165) is 15.2 Å². The third-order valence-corrected chi connectivity index (χ3v) is 5.02. The van der Waals surface area contributed by atoms with Gasteiger partial charge in [-0.05, 0) is 17.5 Å². The molecule has 0 aliphatic heterocycles. The average Bonchev–Trinajstić information content (AvgIpc) is 2.29. The van der Waals surface area contributed by atoms with Crippen LogP contribution in [-0.4, -0.2) is 14.2 Å². The molecule has 0 unspecified atom stereocenters. The summed E-state index contributed by atoms with van der Waals surface area (Å²) in [5.74, 6) is 0.124. The number of hydrogen-bond donors (Lipinski definition) is 0. The predicted molar refractivity (Wildman–Crippen MR) is 69.4 cm³/mol. The van der Waals surface area contributed by atoms with Gasteiger partial charge in [0.15, 0.2) is 9.84 Å². The Bertz CT molecular complexity index is 633. The van der Waals surface area contributed by atoms with Crippen molar-refractivity contribution in [3.63, 3.8) is 0 Å². The highest BCUT2D eigenvalue weighted by Crippen LogP contribution is 2.29. The molecule has 0 spiro atoms. The van der Waals surface area contributed by atoms with Gasteiger partial charge in [-0.1, -0.05) is 47.1 Å². The number of sulfone groups is 1. The van der Waals surface area contributed by atoms with Gasteiger partial charge in [0.25, 0.3) is 0 Å². The molecule has 0 radical (unpaired) electrons. The maximum atomic E-state index is 11.9. The normalized spacial score (nSPS) is 11.9. The molecule has 2 aromatic carbocycles. The highest BCUT2D eigenvalue weighted by molar-refractivity contribution is 9.10. The lowest BCUT2D eigenvalue weighted by Crippen LogP contribution is -2.04. The second kappa shape index (κ2) is 4.18. The smallest absolute Gasteiger partial charge is 0.178 e. The maximum absolute atomic E-state index is 11.9. The third-order valence-electron chi connectivity index (χ3n) is 2.55. The molecule has 0 amide bonds. The lowest BCUT2D eigenvalue weighted by Gasteiger charge is -2.07. The van der Waals surface area contributed by atoms with Crippen molar-refractivity contribution < 1.29 is 8.42 Å². The zero-order chi connectivity index (χ0) is 11.8. The fraction of sp³-hybridized carbons (Fsp3) is 0.167. The van der Waals surface area contributed by atoms with E-state index >= 15 is 0 Å². The first-order valence-corrected chi connectivity index (χ1v) is 7.41. The van der Waals surface area contributed by atoms with Crippen molar-refractivity contribution in [3.05, 3.63) is 40.9 Å². The minimum Gasteiger partial charge on any atom is -0.224 e. The van der Waals surface area contributed by atoms with Crippen molar-refractivity contribution in [2.45, 2.75) is 11.8 Å². The zero-order valence-corrected chi connectivity index (χ0v) is 11.2. The van der Waals surface area contributed by atoms with Gasteiger partial charge in [0.2, 0.25) is 0 Å². The minimum atomic E-state index is -3.16. The van der Waals surface area contributed by atoms with E-state index in [1.54, 1.807) is 19.1 Å². The summed E-state index contributed by atoms with van der Waals surface area (Å²) in [7, 11) is -3.16. The van der Waals surface area contributed by atoms with Crippen molar-refractivity contribution in [1.29, 1.82) is 0 Å². The Balaban J connectivity index is 2.88. The molecule has 16 heavy (non-hydrogen) atoms. The van der Waals surface area contributed by atoms with Gasteiger partial charge in [-0.25, -0.2) is 8.42 Å². The van der Waals surface area contributed by atoms with E-state index in [4.69, 9.17) is 0 Å². The quantitative estimate of drug-likeness (QED) is 0.851. The lowest BCUT2D eigenvalue weighted by molar-refractivity contribution is 0.598. The molecule has 0 heterocycles. The van der Waals surface area contributed by atoms with Crippen LogP contribution in [0.25, 0.3) is 10.8 Å². The van der Waals surface area contributed by atoms with Crippen LogP contribution in [-0.2, 0) is 9.84 Å². The Morgan fingerprint density at radius 1 is 1.06 bits per heavy atom. The van der Waals surface area contributed by atoms with Crippen LogP contribution in [0.15, 0.2) is 45.8 Å². The molecule has 0 saturated carbocycles. The van der Waals surface area contributed by atoms with Gasteiger partial charge in [0.05, 0.1) is 10.6 Å².